The van der Waals surface area contributed by atoms with Gasteiger partial charge in [-0.1, -0.05) is 0 Å². The van der Waals surface area contributed by atoms with Crippen LogP contribution in [0.1, 0.15) is 44.9 Å². The first kappa shape index (κ1) is 13.6. The molecular formula is C16H28N2O. The third kappa shape index (κ3) is 3.03. The molecule has 3 fully saturated rings. The van der Waals surface area contributed by atoms with Gasteiger partial charge in [0, 0.05) is 24.9 Å². The van der Waals surface area contributed by atoms with Gasteiger partial charge >= 0.3 is 0 Å². The highest BCUT2D eigenvalue weighted by molar-refractivity contribution is 5.82. The molecule has 3 unspecified atom stereocenters. The third-order valence-electron chi connectivity index (χ3n) is 5.65. The Kier molecular flexibility index (Phi) is 4.23. The summed E-state index contributed by atoms with van der Waals surface area (Å²) in [7, 11) is 2.30. The van der Waals surface area contributed by atoms with E-state index in [9.17, 15) is 4.79 Å². The Labute approximate surface area is 117 Å². The molecule has 2 saturated heterocycles. The summed E-state index contributed by atoms with van der Waals surface area (Å²) in [6.45, 7) is 4.96. The lowest BCUT2D eigenvalue weighted by Crippen LogP contribution is -2.52. The van der Waals surface area contributed by atoms with Crippen LogP contribution in [-0.2, 0) is 4.79 Å². The second-order valence-electron chi connectivity index (χ2n) is 6.88. The fourth-order valence-corrected chi connectivity index (χ4v) is 4.46. The predicted molar refractivity (Wildman–Crippen MR) is 77.2 cm³/mol. The third-order valence-corrected chi connectivity index (χ3v) is 5.65. The molecule has 1 saturated carbocycles. The van der Waals surface area contributed by atoms with Crippen LogP contribution in [0.15, 0.2) is 0 Å². The Morgan fingerprint density at radius 1 is 1.16 bits per heavy atom. The number of nitrogens with zero attached hydrogens (tertiary/aromatic N) is 2. The van der Waals surface area contributed by atoms with Crippen molar-refractivity contribution in [2.75, 3.05) is 33.2 Å². The molecular weight excluding hydrogens is 236 g/mol. The molecule has 0 aromatic carbocycles. The normalized spacial score (nSPS) is 37.5. The quantitative estimate of drug-likeness (QED) is 0.780. The minimum Gasteiger partial charge on any atom is -0.303 e. The minimum atomic E-state index is 0.395. The van der Waals surface area contributed by atoms with Crippen LogP contribution < -0.4 is 0 Å². The maximum atomic E-state index is 11.7. The highest BCUT2D eigenvalue weighted by Crippen LogP contribution is 2.30. The Morgan fingerprint density at radius 2 is 2.05 bits per heavy atom. The van der Waals surface area contributed by atoms with Gasteiger partial charge in [0.05, 0.1) is 0 Å². The molecule has 3 aliphatic rings. The monoisotopic (exact) mass is 264 g/mol. The fraction of sp³-hybridized carbons (Fsp3) is 0.938. The molecule has 1 aliphatic carbocycles. The SMILES string of the molecule is CN1CCCC2CN(CCC3CCCC3=O)CCC21. The fourth-order valence-electron chi connectivity index (χ4n) is 4.46. The van der Waals surface area contributed by atoms with Crippen molar-refractivity contribution in [1.29, 1.82) is 0 Å². The lowest BCUT2D eigenvalue weighted by Gasteiger charge is -2.46. The van der Waals surface area contributed by atoms with Gasteiger partial charge in [0.2, 0.25) is 0 Å². The van der Waals surface area contributed by atoms with E-state index in [0.717, 1.165) is 44.2 Å². The molecule has 3 heteroatoms. The molecule has 0 bridgehead atoms. The number of carbonyl (C=O) groups is 1. The lowest BCUT2D eigenvalue weighted by atomic mass is 9.84. The summed E-state index contributed by atoms with van der Waals surface area (Å²) < 4.78 is 0. The molecule has 0 N–H and O–H groups in total. The number of likely N-dealkylation sites (tertiary alicyclic amines) is 2. The van der Waals surface area contributed by atoms with Crippen molar-refractivity contribution in [1.82, 2.24) is 9.80 Å². The Morgan fingerprint density at radius 3 is 2.84 bits per heavy atom. The van der Waals surface area contributed by atoms with E-state index in [2.05, 4.69) is 16.8 Å². The van der Waals surface area contributed by atoms with Crippen molar-refractivity contribution in [2.24, 2.45) is 11.8 Å². The van der Waals surface area contributed by atoms with Crippen LogP contribution in [0.2, 0.25) is 0 Å². The molecule has 19 heavy (non-hydrogen) atoms. The standard InChI is InChI=1S/C16H28N2O/c1-17-9-3-5-14-12-18(11-8-15(14)17)10-7-13-4-2-6-16(13)19/h13-15H,2-12H2,1H3. The molecule has 3 atom stereocenters. The van der Waals surface area contributed by atoms with Gasteiger partial charge in [-0.25, -0.2) is 0 Å². The molecule has 0 spiro atoms. The summed E-state index contributed by atoms with van der Waals surface area (Å²) in [6, 6.07) is 0.832. The van der Waals surface area contributed by atoms with Crippen LogP contribution in [-0.4, -0.2) is 54.9 Å². The molecule has 0 aromatic heterocycles. The molecule has 108 valence electrons. The Hall–Kier alpha value is -0.410. The van der Waals surface area contributed by atoms with E-state index in [1.807, 2.05) is 0 Å². The van der Waals surface area contributed by atoms with Crippen molar-refractivity contribution in [3.63, 3.8) is 0 Å². The first-order chi connectivity index (χ1) is 9.24. The second-order valence-corrected chi connectivity index (χ2v) is 6.88. The molecule has 0 aromatic rings. The Balaban J connectivity index is 1.47. The summed E-state index contributed by atoms with van der Waals surface area (Å²) in [4.78, 5) is 16.9. The van der Waals surface area contributed by atoms with Crippen LogP contribution in [0, 0.1) is 11.8 Å². The van der Waals surface area contributed by atoms with Gasteiger partial charge in [-0.15, -0.1) is 0 Å². The summed E-state index contributed by atoms with van der Waals surface area (Å²) in [5, 5.41) is 0. The molecule has 3 rings (SSSR count). The average Bonchev–Trinajstić information content (AvgIpc) is 2.82. The van der Waals surface area contributed by atoms with Crippen LogP contribution in [0.25, 0.3) is 0 Å². The summed E-state index contributed by atoms with van der Waals surface area (Å²) in [5.41, 5.74) is 0. The average molecular weight is 264 g/mol. The van der Waals surface area contributed by atoms with Gasteiger partial charge in [0.25, 0.3) is 0 Å². The summed E-state index contributed by atoms with van der Waals surface area (Å²) in [5.74, 6) is 1.81. The van der Waals surface area contributed by atoms with Crippen molar-refractivity contribution >= 4 is 5.78 Å². The Bertz CT molecular complexity index is 331. The van der Waals surface area contributed by atoms with Gasteiger partial charge < -0.3 is 9.80 Å². The van der Waals surface area contributed by atoms with Crippen LogP contribution >= 0.6 is 0 Å². The number of rotatable bonds is 3. The van der Waals surface area contributed by atoms with Crippen molar-refractivity contribution in [3.8, 4) is 0 Å². The number of hydrogen-bond acceptors (Lipinski definition) is 3. The van der Waals surface area contributed by atoms with E-state index >= 15 is 0 Å². The molecule has 0 radical (unpaired) electrons. The molecule has 3 nitrogen and oxygen atoms in total. The number of ketones is 1. The van der Waals surface area contributed by atoms with Crippen LogP contribution in [0.3, 0.4) is 0 Å². The van der Waals surface area contributed by atoms with E-state index in [4.69, 9.17) is 0 Å². The zero-order valence-electron chi connectivity index (χ0n) is 12.3. The number of carbonyl (C=O) groups excluding carboxylic acids is 1. The van der Waals surface area contributed by atoms with Crippen molar-refractivity contribution < 1.29 is 4.79 Å². The first-order valence-electron chi connectivity index (χ1n) is 8.19. The highest BCUT2D eigenvalue weighted by Gasteiger charge is 2.34. The van der Waals surface area contributed by atoms with Gasteiger partial charge in [0.15, 0.2) is 0 Å². The van der Waals surface area contributed by atoms with E-state index < -0.39 is 0 Å². The number of fused-ring (bicyclic) bond motifs is 1. The van der Waals surface area contributed by atoms with Gasteiger partial charge in [0.1, 0.15) is 5.78 Å². The maximum absolute atomic E-state index is 11.7. The van der Waals surface area contributed by atoms with Crippen molar-refractivity contribution in [2.45, 2.75) is 51.0 Å². The molecule has 2 aliphatic heterocycles. The topological polar surface area (TPSA) is 23.6 Å². The summed E-state index contributed by atoms with van der Waals surface area (Å²) in [6.07, 6.45) is 8.37. The second kappa shape index (κ2) is 5.92. The van der Waals surface area contributed by atoms with Gasteiger partial charge in [-0.2, -0.15) is 0 Å². The highest BCUT2D eigenvalue weighted by atomic mass is 16.1. The number of hydrogen-bond donors (Lipinski definition) is 0. The van der Waals surface area contributed by atoms with E-state index in [0.29, 0.717) is 11.7 Å². The summed E-state index contributed by atoms with van der Waals surface area (Å²) >= 11 is 0. The molecule has 0 amide bonds. The largest absolute Gasteiger partial charge is 0.303 e. The van der Waals surface area contributed by atoms with E-state index in [-0.39, 0.29) is 0 Å². The minimum absolute atomic E-state index is 0.395. The van der Waals surface area contributed by atoms with Gasteiger partial charge in [-0.05, 0) is 71.1 Å². The first-order valence-corrected chi connectivity index (χ1v) is 8.19. The number of Topliss-reactive ketones (excluding diaryl/α,β-unsaturated/α-hetero) is 1. The van der Waals surface area contributed by atoms with E-state index in [1.165, 1.54) is 38.9 Å². The number of piperidine rings is 2. The maximum Gasteiger partial charge on any atom is 0.136 e. The van der Waals surface area contributed by atoms with Crippen LogP contribution in [0.4, 0.5) is 0 Å². The van der Waals surface area contributed by atoms with Crippen molar-refractivity contribution in [3.05, 3.63) is 0 Å². The van der Waals surface area contributed by atoms with E-state index in [1.54, 1.807) is 0 Å². The zero-order chi connectivity index (χ0) is 13.2. The predicted octanol–water partition coefficient (Wildman–Crippen LogP) is 2.16. The molecule has 2 heterocycles. The lowest BCUT2D eigenvalue weighted by molar-refractivity contribution is -0.120. The zero-order valence-corrected chi connectivity index (χ0v) is 12.3. The van der Waals surface area contributed by atoms with Gasteiger partial charge in [-0.3, -0.25) is 4.79 Å². The smallest absolute Gasteiger partial charge is 0.136 e. The van der Waals surface area contributed by atoms with Crippen LogP contribution in [0.5, 0.6) is 0 Å².